The summed E-state index contributed by atoms with van der Waals surface area (Å²) in [4.78, 5) is -0.383. The molecule has 0 amide bonds. The van der Waals surface area contributed by atoms with Crippen molar-refractivity contribution >= 4 is 27.5 Å². The van der Waals surface area contributed by atoms with E-state index in [2.05, 4.69) is 15.9 Å². The van der Waals surface area contributed by atoms with Gasteiger partial charge < -0.3 is 9.47 Å². The lowest BCUT2D eigenvalue weighted by Crippen LogP contribution is -2.00. The average Bonchev–Trinajstić information content (AvgIpc) is 2.48. The van der Waals surface area contributed by atoms with Gasteiger partial charge >= 0.3 is 0 Å². The van der Waals surface area contributed by atoms with E-state index in [-0.39, 0.29) is 9.85 Å². The number of rotatable bonds is 4. The van der Waals surface area contributed by atoms with Crippen molar-refractivity contribution in [2.75, 3.05) is 14.2 Å². The lowest BCUT2D eigenvalue weighted by Gasteiger charge is -2.16. The van der Waals surface area contributed by atoms with Gasteiger partial charge in [-0.15, -0.1) is 0 Å². The third kappa shape index (κ3) is 2.91. The summed E-state index contributed by atoms with van der Waals surface area (Å²) < 4.78 is 24.6. The van der Waals surface area contributed by atoms with Crippen molar-refractivity contribution in [2.45, 2.75) is 4.83 Å². The molecular formula is C15H13BrClFO2. The largest absolute Gasteiger partial charge is 0.497 e. The Kier molecular flexibility index (Phi) is 4.89. The van der Waals surface area contributed by atoms with Crippen LogP contribution in [0.25, 0.3) is 0 Å². The minimum Gasteiger partial charge on any atom is -0.497 e. The van der Waals surface area contributed by atoms with E-state index in [0.717, 1.165) is 5.56 Å². The first-order valence-electron chi connectivity index (χ1n) is 5.88. The first-order valence-corrected chi connectivity index (χ1v) is 7.17. The van der Waals surface area contributed by atoms with Gasteiger partial charge in [-0.3, -0.25) is 0 Å². The summed E-state index contributed by atoms with van der Waals surface area (Å²) in [7, 11) is 3.15. The summed E-state index contributed by atoms with van der Waals surface area (Å²) in [6.45, 7) is 0. The standard InChI is InChI=1S/C15H13BrClFO2/c1-19-9-6-7-13(20-2)11(8-9)14(16)10-4-3-5-12(17)15(10)18/h3-8,14H,1-2H3. The van der Waals surface area contributed by atoms with Gasteiger partial charge in [-0.05, 0) is 24.3 Å². The molecule has 0 spiro atoms. The molecule has 0 saturated heterocycles. The normalized spacial score (nSPS) is 12.1. The maximum Gasteiger partial charge on any atom is 0.146 e. The van der Waals surface area contributed by atoms with Gasteiger partial charge in [0.2, 0.25) is 0 Å². The molecule has 2 nitrogen and oxygen atoms in total. The zero-order valence-electron chi connectivity index (χ0n) is 11.0. The van der Waals surface area contributed by atoms with Crippen molar-refractivity contribution in [1.82, 2.24) is 0 Å². The van der Waals surface area contributed by atoms with E-state index >= 15 is 0 Å². The smallest absolute Gasteiger partial charge is 0.146 e. The molecule has 0 aliphatic rings. The van der Waals surface area contributed by atoms with E-state index in [1.807, 2.05) is 0 Å². The third-order valence-electron chi connectivity index (χ3n) is 2.96. The Labute approximate surface area is 130 Å². The van der Waals surface area contributed by atoms with Crippen LogP contribution in [0.1, 0.15) is 16.0 Å². The molecule has 2 aromatic carbocycles. The molecule has 0 aliphatic heterocycles. The molecule has 0 saturated carbocycles. The highest BCUT2D eigenvalue weighted by atomic mass is 79.9. The zero-order valence-corrected chi connectivity index (χ0v) is 13.3. The van der Waals surface area contributed by atoms with E-state index in [1.54, 1.807) is 44.6 Å². The van der Waals surface area contributed by atoms with Gasteiger partial charge in [0, 0.05) is 11.1 Å². The predicted octanol–water partition coefficient (Wildman–Crippen LogP) is 4.98. The first-order chi connectivity index (χ1) is 9.58. The fraction of sp³-hybridized carbons (Fsp3) is 0.200. The van der Waals surface area contributed by atoms with Crippen LogP contribution in [-0.2, 0) is 0 Å². The highest BCUT2D eigenvalue weighted by Gasteiger charge is 2.20. The first kappa shape index (κ1) is 15.1. The molecule has 0 fully saturated rings. The molecular weight excluding hydrogens is 347 g/mol. The number of ether oxygens (including phenoxy) is 2. The monoisotopic (exact) mass is 358 g/mol. The van der Waals surface area contributed by atoms with E-state index in [9.17, 15) is 4.39 Å². The molecule has 20 heavy (non-hydrogen) atoms. The van der Waals surface area contributed by atoms with Crippen LogP contribution in [0.3, 0.4) is 0 Å². The SMILES string of the molecule is COc1ccc(OC)c(C(Br)c2cccc(Cl)c2F)c1. The predicted molar refractivity (Wildman–Crippen MR) is 81.7 cm³/mol. The Morgan fingerprint density at radius 1 is 1.10 bits per heavy atom. The van der Waals surface area contributed by atoms with Crippen LogP contribution in [-0.4, -0.2) is 14.2 Å². The van der Waals surface area contributed by atoms with Crippen LogP contribution in [0.15, 0.2) is 36.4 Å². The van der Waals surface area contributed by atoms with E-state index < -0.39 is 5.82 Å². The second-order valence-electron chi connectivity index (χ2n) is 4.11. The summed E-state index contributed by atoms with van der Waals surface area (Å²) in [5, 5.41) is 0.0915. The van der Waals surface area contributed by atoms with Crippen LogP contribution >= 0.6 is 27.5 Å². The molecule has 0 bridgehead atoms. The topological polar surface area (TPSA) is 18.5 Å². The quantitative estimate of drug-likeness (QED) is 0.717. The highest BCUT2D eigenvalue weighted by Crippen LogP contribution is 2.40. The van der Waals surface area contributed by atoms with Gasteiger partial charge in [-0.1, -0.05) is 39.7 Å². The maximum atomic E-state index is 14.1. The van der Waals surface area contributed by atoms with Crippen LogP contribution in [0.2, 0.25) is 5.02 Å². The number of hydrogen-bond acceptors (Lipinski definition) is 2. The minimum atomic E-state index is -0.444. The number of hydrogen-bond donors (Lipinski definition) is 0. The maximum absolute atomic E-state index is 14.1. The van der Waals surface area contributed by atoms with Gasteiger partial charge in [0.05, 0.1) is 24.1 Å². The fourth-order valence-electron chi connectivity index (χ4n) is 1.92. The Morgan fingerprint density at radius 2 is 1.85 bits per heavy atom. The lowest BCUT2D eigenvalue weighted by molar-refractivity contribution is 0.399. The molecule has 5 heteroatoms. The van der Waals surface area contributed by atoms with E-state index in [0.29, 0.717) is 17.1 Å². The lowest BCUT2D eigenvalue weighted by atomic mass is 10.0. The zero-order chi connectivity index (χ0) is 14.7. The van der Waals surface area contributed by atoms with Gasteiger partial charge in [0.15, 0.2) is 0 Å². The molecule has 0 aliphatic carbocycles. The van der Waals surface area contributed by atoms with Gasteiger partial charge in [0.1, 0.15) is 17.3 Å². The third-order valence-corrected chi connectivity index (χ3v) is 4.24. The molecule has 1 atom stereocenters. The van der Waals surface area contributed by atoms with Crippen molar-refractivity contribution in [2.24, 2.45) is 0 Å². The summed E-state index contributed by atoms with van der Waals surface area (Å²) >= 11 is 9.33. The number of methoxy groups -OCH3 is 2. The van der Waals surface area contributed by atoms with Crippen molar-refractivity contribution in [3.05, 3.63) is 58.4 Å². The average molecular weight is 360 g/mol. The molecule has 1 unspecified atom stereocenters. The Balaban J connectivity index is 2.51. The van der Waals surface area contributed by atoms with Crippen molar-refractivity contribution in [3.8, 4) is 11.5 Å². The van der Waals surface area contributed by atoms with E-state index in [4.69, 9.17) is 21.1 Å². The summed E-state index contributed by atoms with van der Waals surface area (Å²) in [6.07, 6.45) is 0. The second kappa shape index (κ2) is 6.46. The Bertz CT molecular complexity index is 619. The fourth-order valence-corrected chi connectivity index (χ4v) is 2.81. The van der Waals surface area contributed by atoms with Crippen LogP contribution < -0.4 is 9.47 Å². The Hall–Kier alpha value is -1.26. The van der Waals surface area contributed by atoms with Gasteiger partial charge in [-0.25, -0.2) is 4.39 Å². The van der Waals surface area contributed by atoms with Crippen molar-refractivity contribution in [1.29, 1.82) is 0 Å². The molecule has 0 N–H and O–H groups in total. The van der Waals surface area contributed by atoms with Gasteiger partial charge in [-0.2, -0.15) is 0 Å². The molecule has 2 aromatic rings. The molecule has 0 heterocycles. The molecule has 2 rings (SSSR count). The highest BCUT2D eigenvalue weighted by molar-refractivity contribution is 9.09. The van der Waals surface area contributed by atoms with Gasteiger partial charge in [0.25, 0.3) is 0 Å². The number of halogens is 3. The van der Waals surface area contributed by atoms with Crippen molar-refractivity contribution < 1.29 is 13.9 Å². The summed E-state index contributed by atoms with van der Waals surface area (Å²) in [5.41, 5.74) is 1.22. The van der Waals surface area contributed by atoms with Crippen LogP contribution in [0.5, 0.6) is 11.5 Å². The van der Waals surface area contributed by atoms with Crippen LogP contribution in [0, 0.1) is 5.82 Å². The Morgan fingerprint density at radius 3 is 2.50 bits per heavy atom. The molecule has 106 valence electrons. The van der Waals surface area contributed by atoms with E-state index in [1.165, 1.54) is 6.07 Å². The number of benzene rings is 2. The minimum absolute atomic E-state index is 0.0915. The number of alkyl halides is 1. The summed E-state index contributed by atoms with van der Waals surface area (Å²) in [5.74, 6) is 0.876. The molecule has 0 aromatic heterocycles. The van der Waals surface area contributed by atoms with Crippen molar-refractivity contribution in [3.63, 3.8) is 0 Å². The molecule has 0 radical (unpaired) electrons. The summed E-state index contributed by atoms with van der Waals surface area (Å²) in [6, 6.07) is 10.3. The second-order valence-corrected chi connectivity index (χ2v) is 5.44. The van der Waals surface area contributed by atoms with Crippen LogP contribution in [0.4, 0.5) is 4.39 Å².